The molecule has 19 heavy (non-hydrogen) atoms. The molecule has 2 N–H and O–H groups in total. The van der Waals surface area contributed by atoms with Crippen molar-refractivity contribution < 1.29 is 0 Å². The number of halogens is 1. The van der Waals surface area contributed by atoms with Crippen molar-refractivity contribution in [1.82, 2.24) is 15.0 Å². The molecule has 6 heteroatoms. The van der Waals surface area contributed by atoms with Gasteiger partial charge in [-0.25, -0.2) is 9.97 Å². The zero-order chi connectivity index (χ0) is 13.1. The van der Waals surface area contributed by atoms with Crippen molar-refractivity contribution in [3.63, 3.8) is 0 Å². The third kappa shape index (κ3) is 2.94. The fourth-order valence-corrected chi connectivity index (χ4v) is 2.68. The number of benzene rings is 1. The molecule has 0 spiro atoms. The zero-order valence-corrected chi connectivity index (χ0v) is 11.5. The molecular weight excluding hydrogens is 280 g/mol. The maximum atomic E-state index is 5.80. The molecule has 2 heterocycles. The Hall–Kier alpha value is -1.85. The van der Waals surface area contributed by atoms with Crippen LogP contribution in [0.1, 0.15) is 4.88 Å². The lowest BCUT2D eigenvalue weighted by Crippen LogP contribution is -1.97. The Morgan fingerprint density at radius 3 is 3.00 bits per heavy atom. The van der Waals surface area contributed by atoms with E-state index in [1.54, 1.807) is 12.5 Å². The number of H-pyrrole nitrogens is 1. The van der Waals surface area contributed by atoms with E-state index in [0.29, 0.717) is 4.47 Å². The maximum Gasteiger partial charge on any atom is 0.183 e. The maximum absolute atomic E-state index is 5.80. The second-order valence-electron chi connectivity index (χ2n) is 3.98. The van der Waals surface area contributed by atoms with Crippen molar-refractivity contribution in [1.29, 1.82) is 0 Å². The van der Waals surface area contributed by atoms with Crippen molar-refractivity contribution in [2.45, 2.75) is 6.54 Å². The predicted molar refractivity (Wildman–Crippen MR) is 78.5 cm³/mol. The zero-order valence-electron chi connectivity index (χ0n) is 9.93. The minimum atomic E-state index is 0.572. The summed E-state index contributed by atoms with van der Waals surface area (Å²) in [5.74, 6) is 0. The van der Waals surface area contributed by atoms with Crippen molar-refractivity contribution in [3.05, 3.63) is 52.3 Å². The van der Waals surface area contributed by atoms with Gasteiger partial charge in [-0.3, -0.25) is 0 Å². The molecule has 3 rings (SSSR count). The van der Waals surface area contributed by atoms with E-state index in [1.807, 2.05) is 24.4 Å². The summed E-state index contributed by atoms with van der Waals surface area (Å²) in [6.07, 6.45) is 5.27. The Labute approximate surface area is 119 Å². The minimum Gasteiger partial charge on any atom is -0.380 e. The normalized spacial score (nSPS) is 10.6. The van der Waals surface area contributed by atoms with Gasteiger partial charge in [-0.2, -0.15) is 0 Å². The van der Waals surface area contributed by atoms with E-state index in [0.717, 1.165) is 28.4 Å². The number of hydrogen-bond donors (Lipinski definition) is 2. The SMILES string of the molecule is Clc1ncc(CNc2cccc(-c3cnc[nH]3)c2)s1. The number of imidazole rings is 1. The minimum absolute atomic E-state index is 0.572. The molecule has 0 aliphatic carbocycles. The number of aromatic amines is 1. The first kappa shape index (κ1) is 12.2. The Kier molecular flexibility index (Phi) is 3.48. The number of anilines is 1. The molecule has 0 aliphatic rings. The molecule has 3 aromatic rings. The Morgan fingerprint density at radius 1 is 1.32 bits per heavy atom. The molecular formula is C13H11ClN4S. The van der Waals surface area contributed by atoms with Crippen LogP contribution in [0.3, 0.4) is 0 Å². The Bertz CT molecular complexity index is 663. The lowest BCUT2D eigenvalue weighted by Gasteiger charge is -2.06. The van der Waals surface area contributed by atoms with Gasteiger partial charge in [0.05, 0.1) is 24.8 Å². The predicted octanol–water partition coefficient (Wildman–Crippen LogP) is 3.80. The van der Waals surface area contributed by atoms with Crippen LogP contribution in [0, 0.1) is 0 Å². The summed E-state index contributed by atoms with van der Waals surface area (Å²) in [4.78, 5) is 12.2. The molecule has 0 aliphatic heterocycles. The van der Waals surface area contributed by atoms with Gasteiger partial charge in [-0.05, 0) is 12.1 Å². The summed E-state index contributed by atoms with van der Waals surface area (Å²) in [5, 5.41) is 3.35. The van der Waals surface area contributed by atoms with E-state index in [1.165, 1.54) is 11.3 Å². The average molecular weight is 291 g/mol. The number of rotatable bonds is 4. The summed E-state index contributed by atoms with van der Waals surface area (Å²) in [6, 6.07) is 8.17. The van der Waals surface area contributed by atoms with E-state index >= 15 is 0 Å². The lowest BCUT2D eigenvalue weighted by atomic mass is 10.1. The van der Waals surface area contributed by atoms with Crippen LogP contribution in [0.5, 0.6) is 0 Å². The molecule has 4 nitrogen and oxygen atoms in total. The van der Waals surface area contributed by atoms with E-state index < -0.39 is 0 Å². The molecule has 0 amide bonds. The van der Waals surface area contributed by atoms with Gasteiger partial charge >= 0.3 is 0 Å². The van der Waals surface area contributed by atoms with Crippen molar-refractivity contribution in [2.75, 3.05) is 5.32 Å². The first-order chi connectivity index (χ1) is 9.31. The molecule has 0 saturated carbocycles. The largest absolute Gasteiger partial charge is 0.380 e. The summed E-state index contributed by atoms with van der Waals surface area (Å²) in [6.45, 7) is 0.719. The molecule has 96 valence electrons. The van der Waals surface area contributed by atoms with Crippen LogP contribution in [-0.2, 0) is 6.54 Å². The number of hydrogen-bond acceptors (Lipinski definition) is 4. The second-order valence-corrected chi connectivity index (χ2v) is 5.68. The van der Waals surface area contributed by atoms with E-state index in [-0.39, 0.29) is 0 Å². The molecule has 1 aromatic carbocycles. The third-order valence-electron chi connectivity index (χ3n) is 2.66. The van der Waals surface area contributed by atoms with Crippen LogP contribution in [0.25, 0.3) is 11.3 Å². The fourth-order valence-electron chi connectivity index (χ4n) is 1.76. The average Bonchev–Trinajstić information content (AvgIpc) is 3.08. The van der Waals surface area contributed by atoms with Gasteiger partial charge < -0.3 is 10.3 Å². The lowest BCUT2D eigenvalue weighted by molar-refractivity contribution is 1.17. The van der Waals surface area contributed by atoms with Gasteiger partial charge in [-0.1, -0.05) is 23.7 Å². The van der Waals surface area contributed by atoms with Crippen molar-refractivity contribution in [2.24, 2.45) is 0 Å². The molecule has 0 saturated heterocycles. The number of nitrogens with one attached hydrogen (secondary N) is 2. The highest BCUT2D eigenvalue weighted by molar-refractivity contribution is 7.15. The number of aromatic nitrogens is 3. The topological polar surface area (TPSA) is 53.6 Å². The summed E-state index contributed by atoms with van der Waals surface area (Å²) >= 11 is 7.29. The highest BCUT2D eigenvalue weighted by Gasteiger charge is 2.02. The number of nitrogens with zero attached hydrogens (tertiary/aromatic N) is 2. The van der Waals surface area contributed by atoms with Crippen molar-refractivity contribution in [3.8, 4) is 11.3 Å². The Morgan fingerprint density at radius 2 is 2.26 bits per heavy atom. The highest BCUT2D eigenvalue weighted by Crippen LogP contribution is 2.22. The summed E-state index contributed by atoms with van der Waals surface area (Å²) < 4.78 is 0.572. The van der Waals surface area contributed by atoms with Gasteiger partial charge in [-0.15, -0.1) is 11.3 Å². The van der Waals surface area contributed by atoms with Crippen molar-refractivity contribution >= 4 is 28.6 Å². The second kappa shape index (κ2) is 5.42. The first-order valence-electron chi connectivity index (χ1n) is 5.74. The standard InChI is InChI=1S/C13H11ClN4S/c14-13-17-6-11(19-13)5-16-10-3-1-2-9(4-10)12-7-15-8-18-12/h1-4,6-8,16H,5H2,(H,15,18). The summed E-state index contributed by atoms with van der Waals surface area (Å²) in [5.41, 5.74) is 3.16. The molecule has 0 fully saturated rings. The highest BCUT2D eigenvalue weighted by atomic mass is 35.5. The Balaban J connectivity index is 1.73. The van der Waals surface area contributed by atoms with Gasteiger partial charge in [0.1, 0.15) is 0 Å². The molecule has 0 unspecified atom stereocenters. The monoisotopic (exact) mass is 290 g/mol. The van der Waals surface area contributed by atoms with Gasteiger partial charge in [0, 0.05) is 22.3 Å². The van der Waals surface area contributed by atoms with Crippen LogP contribution < -0.4 is 5.32 Å². The van der Waals surface area contributed by atoms with Gasteiger partial charge in [0.25, 0.3) is 0 Å². The van der Waals surface area contributed by atoms with Gasteiger partial charge in [0.2, 0.25) is 0 Å². The first-order valence-corrected chi connectivity index (χ1v) is 6.93. The van der Waals surface area contributed by atoms with Crippen LogP contribution in [-0.4, -0.2) is 15.0 Å². The smallest absolute Gasteiger partial charge is 0.183 e. The summed E-state index contributed by atoms with van der Waals surface area (Å²) in [7, 11) is 0. The van der Waals surface area contributed by atoms with Crippen LogP contribution in [0.15, 0.2) is 43.0 Å². The van der Waals surface area contributed by atoms with E-state index in [2.05, 4.69) is 26.3 Å². The molecule has 0 atom stereocenters. The van der Waals surface area contributed by atoms with Gasteiger partial charge in [0.15, 0.2) is 4.47 Å². The number of thiazole rings is 1. The van der Waals surface area contributed by atoms with Crippen LogP contribution in [0.4, 0.5) is 5.69 Å². The molecule has 2 aromatic heterocycles. The molecule has 0 bridgehead atoms. The van der Waals surface area contributed by atoms with E-state index in [9.17, 15) is 0 Å². The molecule has 0 radical (unpaired) electrons. The van der Waals surface area contributed by atoms with Crippen LogP contribution in [0.2, 0.25) is 4.47 Å². The quantitative estimate of drug-likeness (QED) is 0.768. The fraction of sp³-hybridized carbons (Fsp3) is 0.0769. The van der Waals surface area contributed by atoms with E-state index in [4.69, 9.17) is 11.6 Å². The third-order valence-corrected chi connectivity index (χ3v) is 3.78. The van der Waals surface area contributed by atoms with Crippen LogP contribution >= 0.6 is 22.9 Å².